The third-order valence-electron chi connectivity index (χ3n) is 3.10. The van der Waals surface area contributed by atoms with Gasteiger partial charge < -0.3 is 10.1 Å². The van der Waals surface area contributed by atoms with E-state index >= 15 is 0 Å². The highest BCUT2D eigenvalue weighted by atomic mass is 16.5. The predicted octanol–water partition coefficient (Wildman–Crippen LogP) is 3.92. The molecule has 1 unspecified atom stereocenters. The Balaban J connectivity index is 2.36. The van der Waals surface area contributed by atoms with Crippen LogP contribution in [0.25, 0.3) is 0 Å². The number of amides is 1. The average Bonchev–Trinajstić information content (AvgIpc) is 2.37. The van der Waals surface area contributed by atoms with Crippen LogP contribution in [0.3, 0.4) is 0 Å². The monoisotopic (exact) mass is 277 g/mol. The number of ether oxygens (including phenoxy) is 1. The first kappa shape index (κ1) is 16.5. The van der Waals surface area contributed by atoms with Crippen LogP contribution in [0.1, 0.15) is 52.5 Å². The second kappa shape index (κ2) is 8.62. The quantitative estimate of drug-likeness (QED) is 0.782. The third kappa shape index (κ3) is 6.60. The molecule has 0 saturated heterocycles. The lowest BCUT2D eigenvalue weighted by Crippen LogP contribution is -2.24. The molecule has 0 aliphatic carbocycles. The van der Waals surface area contributed by atoms with Crippen LogP contribution < -0.4 is 10.1 Å². The fraction of sp³-hybridized carbons (Fsp3) is 0.588. The Bertz CT molecular complexity index is 398. The van der Waals surface area contributed by atoms with Crippen molar-refractivity contribution in [1.82, 2.24) is 5.32 Å². The van der Waals surface area contributed by atoms with Gasteiger partial charge in [-0.2, -0.15) is 0 Å². The zero-order chi connectivity index (χ0) is 15.0. The number of nitrogens with one attached hydrogen (secondary N) is 1. The second-order valence-corrected chi connectivity index (χ2v) is 5.69. The minimum atomic E-state index is 0.133. The van der Waals surface area contributed by atoms with Crippen molar-refractivity contribution in [3.8, 4) is 5.75 Å². The van der Waals surface area contributed by atoms with Crippen LogP contribution in [0, 0.1) is 5.92 Å². The van der Waals surface area contributed by atoms with Crippen LogP contribution in [0.4, 0.5) is 0 Å². The van der Waals surface area contributed by atoms with Gasteiger partial charge in [-0.15, -0.1) is 0 Å². The molecule has 1 aromatic carbocycles. The molecule has 1 amide bonds. The molecule has 0 aromatic heterocycles. The number of carbonyl (C=O) groups excluding carboxylic acids is 1. The van der Waals surface area contributed by atoms with Crippen molar-refractivity contribution in [2.24, 2.45) is 5.92 Å². The van der Waals surface area contributed by atoms with Crippen molar-refractivity contribution in [2.75, 3.05) is 0 Å². The lowest BCUT2D eigenvalue weighted by Gasteiger charge is -2.12. The Morgan fingerprint density at radius 3 is 2.40 bits per heavy atom. The Morgan fingerprint density at radius 2 is 1.85 bits per heavy atom. The predicted molar refractivity (Wildman–Crippen MR) is 82.7 cm³/mol. The lowest BCUT2D eigenvalue weighted by molar-refractivity contribution is -0.122. The number of hydrogen-bond donors (Lipinski definition) is 1. The first-order valence-corrected chi connectivity index (χ1v) is 7.53. The SMILES string of the molecule is CCCC(C)CC(=O)NCc1ccc(OC(C)C)cc1. The summed E-state index contributed by atoms with van der Waals surface area (Å²) in [4.78, 5) is 11.8. The lowest BCUT2D eigenvalue weighted by atomic mass is 10.0. The van der Waals surface area contributed by atoms with Crippen LogP contribution in [0.2, 0.25) is 0 Å². The van der Waals surface area contributed by atoms with Gasteiger partial charge >= 0.3 is 0 Å². The summed E-state index contributed by atoms with van der Waals surface area (Å²) in [5, 5.41) is 2.97. The van der Waals surface area contributed by atoms with E-state index in [9.17, 15) is 4.79 Å². The van der Waals surface area contributed by atoms with Gasteiger partial charge in [0, 0.05) is 13.0 Å². The Morgan fingerprint density at radius 1 is 1.20 bits per heavy atom. The average molecular weight is 277 g/mol. The van der Waals surface area contributed by atoms with E-state index in [-0.39, 0.29) is 12.0 Å². The maximum absolute atomic E-state index is 11.8. The molecular weight excluding hydrogens is 250 g/mol. The Kier molecular flexibility index (Phi) is 7.13. The van der Waals surface area contributed by atoms with Crippen molar-refractivity contribution in [2.45, 2.75) is 59.6 Å². The largest absolute Gasteiger partial charge is 0.491 e. The molecule has 1 rings (SSSR count). The maximum atomic E-state index is 11.8. The third-order valence-corrected chi connectivity index (χ3v) is 3.10. The van der Waals surface area contributed by atoms with E-state index < -0.39 is 0 Å². The van der Waals surface area contributed by atoms with E-state index in [0.717, 1.165) is 24.2 Å². The summed E-state index contributed by atoms with van der Waals surface area (Å²) in [7, 11) is 0. The van der Waals surface area contributed by atoms with E-state index in [0.29, 0.717) is 18.9 Å². The van der Waals surface area contributed by atoms with E-state index in [4.69, 9.17) is 4.74 Å². The summed E-state index contributed by atoms with van der Waals surface area (Å²) >= 11 is 0. The molecular formula is C17H27NO2. The summed E-state index contributed by atoms with van der Waals surface area (Å²) in [5.41, 5.74) is 1.10. The zero-order valence-corrected chi connectivity index (χ0v) is 13.1. The molecule has 1 aromatic rings. The van der Waals surface area contributed by atoms with E-state index in [1.807, 2.05) is 38.1 Å². The highest BCUT2D eigenvalue weighted by Crippen LogP contribution is 2.14. The zero-order valence-electron chi connectivity index (χ0n) is 13.1. The summed E-state index contributed by atoms with van der Waals surface area (Å²) < 4.78 is 5.59. The Hall–Kier alpha value is -1.51. The summed E-state index contributed by atoms with van der Waals surface area (Å²) in [6.45, 7) is 8.87. The van der Waals surface area contributed by atoms with Gasteiger partial charge in [0.15, 0.2) is 0 Å². The van der Waals surface area contributed by atoms with Crippen LogP contribution in [0.5, 0.6) is 5.75 Å². The highest BCUT2D eigenvalue weighted by molar-refractivity contribution is 5.76. The van der Waals surface area contributed by atoms with E-state index in [1.54, 1.807) is 0 Å². The van der Waals surface area contributed by atoms with Crippen molar-refractivity contribution in [3.05, 3.63) is 29.8 Å². The molecule has 0 fully saturated rings. The smallest absolute Gasteiger partial charge is 0.220 e. The molecule has 3 heteroatoms. The van der Waals surface area contributed by atoms with Crippen LogP contribution in [-0.4, -0.2) is 12.0 Å². The number of benzene rings is 1. The standard InChI is InChI=1S/C17H27NO2/c1-5-6-14(4)11-17(19)18-12-15-7-9-16(10-8-15)20-13(2)3/h7-10,13-14H,5-6,11-12H2,1-4H3,(H,18,19). The molecule has 0 spiro atoms. The highest BCUT2D eigenvalue weighted by Gasteiger charge is 2.08. The van der Waals surface area contributed by atoms with Crippen molar-refractivity contribution < 1.29 is 9.53 Å². The van der Waals surface area contributed by atoms with Crippen molar-refractivity contribution >= 4 is 5.91 Å². The maximum Gasteiger partial charge on any atom is 0.220 e. The van der Waals surface area contributed by atoms with Gasteiger partial charge in [0.05, 0.1) is 6.10 Å². The van der Waals surface area contributed by atoms with Gasteiger partial charge in [0.2, 0.25) is 5.91 Å². The van der Waals surface area contributed by atoms with Crippen LogP contribution in [-0.2, 0) is 11.3 Å². The molecule has 1 N–H and O–H groups in total. The van der Waals surface area contributed by atoms with Gasteiger partial charge in [0.1, 0.15) is 5.75 Å². The molecule has 0 saturated carbocycles. The molecule has 3 nitrogen and oxygen atoms in total. The van der Waals surface area contributed by atoms with Gasteiger partial charge in [-0.1, -0.05) is 38.8 Å². The minimum absolute atomic E-state index is 0.133. The first-order chi connectivity index (χ1) is 9.51. The summed E-state index contributed by atoms with van der Waals surface area (Å²) in [6.07, 6.45) is 3.03. The fourth-order valence-corrected chi connectivity index (χ4v) is 2.14. The molecule has 1 atom stereocenters. The first-order valence-electron chi connectivity index (χ1n) is 7.53. The second-order valence-electron chi connectivity index (χ2n) is 5.69. The van der Waals surface area contributed by atoms with Gasteiger partial charge in [-0.3, -0.25) is 4.79 Å². The summed E-state index contributed by atoms with van der Waals surface area (Å²) in [6, 6.07) is 7.88. The van der Waals surface area contributed by atoms with E-state index in [2.05, 4.69) is 19.2 Å². The molecule has 112 valence electrons. The molecule has 0 bridgehead atoms. The van der Waals surface area contributed by atoms with Crippen LogP contribution in [0.15, 0.2) is 24.3 Å². The van der Waals surface area contributed by atoms with Crippen molar-refractivity contribution in [3.63, 3.8) is 0 Å². The fourth-order valence-electron chi connectivity index (χ4n) is 2.14. The Labute approximate surface area is 122 Å². The van der Waals surface area contributed by atoms with Gasteiger partial charge in [-0.25, -0.2) is 0 Å². The topological polar surface area (TPSA) is 38.3 Å². The number of hydrogen-bond acceptors (Lipinski definition) is 2. The molecule has 0 heterocycles. The number of rotatable bonds is 8. The molecule has 20 heavy (non-hydrogen) atoms. The molecule has 0 aliphatic rings. The van der Waals surface area contributed by atoms with Crippen LogP contribution >= 0.6 is 0 Å². The van der Waals surface area contributed by atoms with Crippen molar-refractivity contribution in [1.29, 1.82) is 0 Å². The van der Waals surface area contributed by atoms with E-state index in [1.165, 1.54) is 0 Å². The molecule has 0 radical (unpaired) electrons. The van der Waals surface area contributed by atoms with Gasteiger partial charge in [-0.05, 0) is 37.5 Å². The minimum Gasteiger partial charge on any atom is -0.491 e. The molecule has 0 aliphatic heterocycles. The normalized spacial score (nSPS) is 12.2. The van der Waals surface area contributed by atoms with Gasteiger partial charge in [0.25, 0.3) is 0 Å². The summed E-state index contributed by atoms with van der Waals surface area (Å²) in [5.74, 6) is 1.46. The number of carbonyl (C=O) groups is 1.